The number of methoxy groups -OCH3 is 2. The molecule has 2 aromatic rings. The Labute approximate surface area is 167 Å². The van der Waals surface area contributed by atoms with Gasteiger partial charge in [-0.15, -0.1) is 0 Å². The van der Waals surface area contributed by atoms with Crippen LogP contribution in [0, 0.1) is 0 Å². The molecule has 0 fully saturated rings. The number of amides is 1. The van der Waals surface area contributed by atoms with E-state index in [0.29, 0.717) is 6.42 Å². The van der Waals surface area contributed by atoms with Gasteiger partial charge in [-0.1, -0.05) is 30.3 Å². The zero-order valence-corrected chi connectivity index (χ0v) is 16.1. The first-order chi connectivity index (χ1) is 14.0. The van der Waals surface area contributed by atoms with Crippen LogP contribution in [0.1, 0.15) is 22.5 Å². The van der Waals surface area contributed by atoms with E-state index in [4.69, 9.17) is 9.47 Å². The number of pyridine rings is 1. The molecule has 1 aromatic heterocycles. The van der Waals surface area contributed by atoms with Crippen LogP contribution in [0.2, 0.25) is 0 Å². The van der Waals surface area contributed by atoms with Crippen molar-refractivity contribution in [3.8, 4) is 11.5 Å². The molecule has 2 N–H and O–H groups in total. The number of carbonyl (C=O) groups excluding carboxylic acids is 3. The first-order valence-electron chi connectivity index (χ1n) is 8.76. The van der Waals surface area contributed by atoms with Crippen LogP contribution >= 0.6 is 0 Å². The maximum atomic E-state index is 12.4. The number of carbonyl (C=O) groups is 3. The summed E-state index contributed by atoms with van der Waals surface area (Å²) in [7, 11) is 2.46. The van der Waals surface area contributed by atoms with Gasteiger partial charge in [0.2, 0.25) is 0 Å². The quantitative estimate of drug-likeness (QED) is 0.601. The van der Waals surface area contributed by atoms with Crippen molar-refractivity contribution < 1.29 is 33.7 Å². The highest BCUT2D eigenvalue weighted by atomic mass is 16.5. The first kappa shape index (κ1) is 21.7. The van der Waals surface area contributed by atoms with E-state index < -0.39 is 36.2 Å². The second-order valence-electron chi connectivity index (χ2n) is 5.93. The van der Waals surface area contributed by atoms with Gasteiger partial charge in [-0.05, 0) is 12.0 Å². The zero-order chi connectivity index (χ0) is 21.2. The van der Waals surface area contributed by atoms with Crippen LogP contribution in [0.3, 0.4) is 0 Å². The molecule has 0 aliphatic heterocycles. The van der Waals surface area contributed by atoms with Gasteiger partial charge >= 0.3 is 11.9 Å². The van der Waals surface area contributed by atoms with Gasteiger partial charge in [0.25, 0.3) is 5.91 Å². The standard InChI is InChI=1S/C20H22N2O7/c1-27-15-10-11-21-17(18(15)24)19(25)22-14(20(26)28-2)12-29-16(23)9-8-13-6-4-3-5-7-13/h3-7,10-11,14,24H,8-9,12H2,1-2H3,(H,22,25). The minimum Gasteiger partial charge on any atom is -0.503 e. The lowest BCUT2D eigenvalue weighted by molar-refractivity contribution is -0.150. The molecule has 0 bridgehead atoms. The number of aryl methyl sites for hydroxylation is 1. The molecule has 0 saturated heterocycles. The van der Waals surface area contributed by atoms with E-state index in [2.05, 4.69) is 15.0 Å². The number of nitrogens with zero attached hydrogens (tertiary/aromatic N) is 1. The molecular weight excluding hydrogens is 380 g/mol. The maximum absolute atomic E-state index is 12.4. The smallest absolute Gasteiger partial charge is 0.331 e. The molecule has 154 valence electrons. The van der Waals surface area contributed by atoms with Crippen molar-refractivity contribution >= 4 is 17.8 Å². The van der Waals surface area contributed by atoms with Crippen LogP contribution in [-0.4, -0.2) is 54.8 Å². The number of benzene rings is 1. The average molecular weight is 402 g/mol. The van der Waals surface area contributed by atoms with Crippen molar-refractivity contribution in [2.45, 2.75) is 18.9 Å². The molecule has 0 saturated carbocycles. The van der Waals surface area contributed by atoms with Crippen molar-refractivity contribution in [2.75, 3.05) is 20.8 Å². The lowest BCUT2D eigenvalue weighted by Gasteiger charge is -2.17. The minimum atomic E-state index is -1.26. The van der Waals surface area contributed by atoms with Gasteiger partial charge in [-0.25, -0.2) is 9.78 Å². The van der Waals surface area contributed by atoms with Crippen LogP contribution < -0.4 is 10.1 Å². The highest BCUT2D eigenvalue weighted by molar-refractivity contribution is 5.98. The Kier molecular flexibility index (Phi) is 7.96. The summed E-state index contributed by atoms with van der Waals surface area (Å²) in [5.41, 5.74) is 0.635. The third-order valence-electron chi connectivity index (χ3n) is 3.98. The first-order valence-corrected chi connectivity index (χ1v) is 8.76. The van der Waals surface area contributed by atoms with Crippen LogP contribution in [0.25, 0.3) is 0 Å². The number of esters is 2. The minimum absolute atomic E-state index is 0.0482. The van der Waals surface area contributed by atoms with Crippen molar-refractivity contribution in [1.82, 2.24) is 10.3 Å². The van der Waals surface area contributed by atoms with Crippen molar-refractivity contribution in [2.24, 2.45) is 0 Å². The van der Waals surface area contributed by atoms with Gasteiger partial charge in [0.15, 0.2) is 23.2 Å². The van der Waals surface area contributed by atoms with Gasteiger partial charge in [-0.2, -0.15) is 0 Å². The van der Waals surface area contributed by atoms with Gasteiger partial charge in [0, 0.05) is 18.7 Å². The summed E-state index contributed by atoms with van der Waals surface area (Å²) in [5, 5.41) is 12.4. The molecule has 1 unspecified atom stereocenters. The van der Waals surface area contributed by atoms with E-state index in [-0.39, 0.29) is 17.9 Å². The molecule has 0 aliphatic rings. The van der Waals surface area contributed by atoms with Gasteiger partial charge < -0.3 is 24.6 Å². The normalized spacial score (nSPS) is 11.2. The van der Waals surface area contributed by atoms with E-state index in [1.807, 2.05) is 30.3 Å². The Morgan fingerprint density at radius 1 is 1.14 bits per heavy atom. The Balaban J connectivity index is 1.96. The molecule has 2 rings (SSSR count). The van der Waals surface area contributed by atoms with Crippen molar-refractivity contribution in [3.05, 3.63) is 53.9 Å². The van der Waals surface area contributed by atoms with Crippen LogP contribution in [-0.2, 0) is 25.5 Å². The Bertz CT molecular complexity index is 855. The van der Waals surface area contributed by atoms with Crippen molar-refractivity contribution in [1.29, 1.82) is 0 Å². The molecule has 0 spiro atoms. The third kappa shape index (κ3) is 6.20. The molecule has 9 nitrogen and oxygen atoms in total. The molecule has 1 heterocycles. The molecular formula is C20H22N2O7. The largest absolute Gasteiger partial charge is 0.503 e. The Hall–Kier alpha value is -3.62. The second kappa shape index (κ2) is 10.6. The highest BCUT2D eigenvalue weighted by Gasteiger charge is 2.26. The van der Waals surface area contributed by atoms with Crippen molar-refractivity contribution in [3.63, 3.8) is 0 Å². The molecule has 1 atom stereocenters. The van der Waals surface area contributed by atoms with E-state index >= 15 is 0 Å². The number of aromatic hydroxyl groups is 1. The van der Waals surface area contributed by atoms with E-state index in [9.17, 15) is 19.5 Å². The lowest BCUT2D eigenvalue weighted by atomic mass is 10.1. The summed E-state index contributed by atoms with van der Waals surface area (Å²) < 4.78 is 14.7. The fourth-order valence-electron chi connectivity index (χ4n) is 2.44. The highest BCUT2D eigenvalue weighted by Crippen LogP contribution is 2.27. The fraction of sp³-hybridized carbons (Fsp3) is 0.300. The van der Waals surface area contributed by atoms with Gasteiger partial charge in [0.1, 0.15) is 6.61 Å². The zero-order valence-electron chi connectivity index (χ0n) is 16.1. The predicted molar refractivity (Wildman–Crippen MR) is 101 cm³/mol. The Morgan fingerprint density at radius 3 is 2.52 bits per heavy atom. The molecule has 1 amide bonds. The summed E-state index contributed by atoms with van der Waals surface area (Å²) in [6, 6.07) is 9.49. The van der Waals surface area contributed by atoms with E-state index in [1.165, 1.54) is 19.4 Å². The Morgan fingerprint density at radius 2 is 1.86 bits per heavy atom. The molecule has 9 heteroatoms. The number of rotatable bonds is 9. The fourth-order valence-corrected chi connectivity index (χ4v) is 2.44. The molecule has 0 radical (unpaired) electrons. The van der Waals surface area contributed by atoms with Gasteiger partial charge in [-0.3, -0.25) is 9.59 Å². The predicted octanol–water partition coefficient (Wildman–Crippen LogP) is 1.24. The van der Waals surface area contributed by atoms with E-state index in [0.717, 1.165) is 12.7 Å². The van der Waals surface area contributed by atoms with Crippen LogP contribution in [0.4, 0.5) is 0 Å². The third-order valence-corrected chi connectivity index (χ3v) is 3.98. The summed E-state index contributed by atoms with van der Waals surface area (Å²) in [6.07, 6.45) is 1.87. The van der Waals surface area contributed by atoms with Crippen LogP contribution in [0.15, 0.2) is 42.6 Å². The van der Waals surface area contributed by atoms with Crippen LogP contribution in [0.5, 0.6) is 11.5 Å². The summed E-state index contributed by atoms with van der Waals surface area (Å²) in [6.45, 7) is -0.420. The number of ether oxygens (including phenoxy) is 3. The van der Waals surface area contributed by atoms with Gasteiger partial charge in [0.05, 0.1) is 14.2 Å². The molecule has 29 heavy (non-hydrogen) atoms. The monoisotopic (exact) mass is 402 g/mol. The number of nitrogens with one attached hydrogen (secondary N) is 1. The number of hydrogen-bond donors (Lipinski definition) is 2. The topological polar surface area (TPSA) is 124 Å². The number of aromatic nitrogens is 1. The summed E-state index contributed by atoms with van der Waals surface area (Å²) >= 11 is 0. The summed E-state index contributed by atoms with van der Waals surface area (Å²) in [4.78, 5) is 40.1. The second-order valence-corrected chi connectivity index (χ2v) is 5.93. The molecule has 1 aromatic carbocycles. The SMILES string of the molecule is COC(=O)C(COC(=O)CCc1ccccc1)NC(=O)c1nccc(OC)c1O. The number of hydrogen-bond acceptors (Lipinski definition) is 8. The average Bonchev–Trinajstić information content (AvgIpc) is 2.75. The maximum Gasteiger partial charge on any atom is 0.331 e. The lowest BCUT2D eigenvalue weighted by Crippen LogP contribution is -2.45. The van der Waals surface area contributed by atoms with E-state index in [1.54, 1.807) is 0 Å². The summed E-state index contributed by atoms with van der Waals surface area (Å²) in [5.74, 6) is -2.61. The molecule has 0 aliphatic carbocycles.